The second-order valence-corrected chi connectivity index (χ2v) is 5.37. The van der Waals surface area contributed by atoms with Crippen LogP contribution in [0.25, 0.3) is 0 Å². The zero-order valence-electron chi connectivity index (χ0n) is 11.7. The molecule has 0 bridgehead atoms. The maximum absolute atomic E-state index is 12.1. The molecule has 20 heavy (non-hydrogen) atoms. The Morgan fingerprint density at radius 1 is 1.40 bits per heavy atom. The lowest BCUT2D eigenvalue weighted by atomic mass is 10.3. The van der Waals surface area contributed by atoms with Gasteiger partial charge < -0.3 is 15.1 Å². The zero-order valence-corrected chi connectivity index (χ0v) is 14.9. The lowest BCUT2D eigenvalue weighted by molar-refractivity contribution is 0.371. The summed E-state index contributed by atoms with van der Waals surface area (Å²) < 4.78 is 12.1. The van der Waals surface area contributed by atoms with Gasteiger partial charge in [-0.25, -0.2) is 0 Å². The highest BCUT2D eigenvalue weighted by molar-refractivity contribution is 14.0. The van der Waals surface area contributed by atoms with Crippen LogP contribution >= 0.6 is 35.3 Å². The van der Waals surface area contributed by atoms with Gasteiger partial charge in [0.05, 0.1) is 11.7 Å². The van der Waals surface area contributed by atoms with Crippen molar-refractivity contribution in [2.45, 2.75) is 6.42 Å². The predicted octanol–water partition coefficient (Wildman–Crippen LogP) is 2.42. The van der Waals surface area contributed by atoms with Gasteiger partial charge in [0, 0.05) is 39.8 Å². The summed E-state index contributed by atoms with van der Waals surface area (Å²) >= 11 is 1.78. The highest BCUT2D eigenvalue weighted by Crippen LogP contribution is 2.22. The third-order valence-electron chi connectivity index (χ3n) is 3.20. The fraction of sp³-hybridized carbons (Fsp3) is 0.615. The Morgan fingerprint density at radius 3 is 2.70 bits per heavy atom. The molecule has 0 atom stereocenters. The van der Waals surface area contributed by atoms with E-state index < -0.39 is 0 Å². The first-order chi connectivity index (χ1) is 9.35. The van der Waals surface area contributed by atoms with Crippen LogP contribution in [-0.4, -0.2) is 57.3 Å². The Bertz CT molecular complexity index is 391. The van der Waals surface area contributed by atoms with E-state index >= 15 is 0 Å². The third kappa shape index (κ3) is 4.76. The maximum Gasteiger partial charge on any atom is 0.193 e. The molecule has 2 rings (SSSR count). The SMILES string of the molecule is CN=C(NCCCF)N1CCN(c2cccs2)CC1.I. The molecule has 1 fully saturated rings. The lowest BCUT2D eigenvalue weighted by Crippen LogP contribution is -2.52. The molecule has 0 spiro atoms. The van der Waals surface area contributed by atoms with E-state index in [4.69, 9.17) is 0 Å². The highest BCUT2D eigenvalue weighted by Gasteiger charge is 2.19. The molecule has 0 unspecified atom stereocenters. The Hall–Kier alpha value is -0.570. The van der Waals surface area contributed by atoms with Crippen molar-refractivity contribution in [3.63, 3.8) is 0 Å². The molecule has 1 aromatic rings. The van der Waals surface area contributed by atoms with Crippen molar-refractivity contribution >= 4 is 46.3 Å². The van der Waals surface area contributed by atoms with Crippen molar-refractivity contribution in [2.24, 2.45) is 4.99 Å². The van der Waals surface area contributed by atoms with Crippen molar-refractivity contribution in [1.29, 1.82) is 0 Å². The second-order valence-electron chi connectivity index (χ2n) is 4.44. The van der Waals surface area contributed by atoms with E-state index in [1.165, 1.54) is 5.00 Å². The van der Waals surface area contributed by atoms with E-state index in [1.54, 1.807) is 18.4 Å². The average molecular weight is 412 g/mol. The number of guanidine groups is 1. The molecule has 7 heteroatoms. The van der Waals surface area contributed by atoms with Crippen LogP contribution in [-0.2, 0) is 0 Å². The molecule has 2 heterocycles. The number of anilines is 1. The number of alkyl halides is 1. The molecule has 1 aliphatic heterocycles. The van der Waals surface area contributed by atoms with Gasteiger partial charge in [0.1, 0.15) is 0 Å². The minimum atomic E-state index is -0.282. The van der Waals surface area contributed by atoms with Gasteiger partial charge in [0.2, 0.25) is 0 Å². The molecule has 1 saturated heterocycles. The van der Waals surface area contributed by atoms with E-state index in [-0.39, 0.29) is 30.7 Å². The number of thiophene rings is 1. The predicted molar refractivity (Wildman–Crippen MR) is 95.5 cm³/mol. The molecule has 114 valence electrons. The molecule has 0 aromatic carbocycles. The summed E-state index contributed by atoms with van der Waals surface area (Å²) in [6.45, 7) is 4.28. The maximum atomic E-state index is 12.1. The first-order valence-corrected chi connectivity index (χ1v) is 7.53. The van der Waals surface area contributed by atoms with Gasteiger partial charge in [-0.1, -0.05) is 0 Å². The number of rotatable bonds is 4. The number of halogens is 2. The highest BCUT2D eigenvalue weighted by atomic mass is 127. The zero-order chi connectivity index (χ0) is 13.5. The van der Waals surface area contributed by atoms with Crippen LogP contribution in [0.5, 0.6) is 0 Å². The number of nitrogens with one attached hydrogen (secondary N) is 1. The topological polar surface area (TPSA) is 30.9 Å². The molecule has 0 amide bonds. The van der Waals surface area contributed by atoms with E-state index in [2.05, 4.69) is 37.6 Å². The van der Waals surface area contributed by atoms with Crippen molar-refractivity contribution in [3.8, 4) is 0 Å². The van der Waals surface area contributed by atoms with Crippen LogP contribution in [0.3, 0.4) is 0 Å². The standard InChI is InChI=1S/C13H21FN4S.HI/c1-15-13(16-6-3-5-14)18-9-7-17(8-10-18)12-4-2-11-19-12;/h2,4,11H,3,5-10H2,1H3,(H,15,16);1H. The van der Waals surface area contributed by atoms with Crippen LogP contribution in [0.2, 0.25) is 0 Å². The van der Waals surface area contributed by atoms with Gasteiger partial charge in [0.15, 0.2) is 5.96 Å². The summed E-state index contributed by atoms with van der Waals surface area (Å²) in [4.78, 5) is 8.90. The summed E-state index contributed by atoms with van der Waals surface area (Å²) in [6.07, 6.45) is 0.536. The molecule has 1 aliphatic rings. The minimum absolute atomic E-state index is 0. The lowest BCUT2D eigenvalue weighted by Gasteiger charge is -2.37. The van der Waals surface area contributed by atoms with Crippen molar-refractivity contribution in [3.05, 3.63) is 17.5 Å². The quantitative estimate of drug-likeness (QED) is 0.357. The number of nitrogens with zero attached hydrogens (tertiary/aromatic N) is 3. The van der Waals surface area contributed by atoms with E-state index in [9.17, 15) is 4.39 Å². The van der Waals surface area contributed by atoms with Gasteiger partial charge in [-0.2, -0.15) is 0 Å². The van der Waals surface area contributed by atoms with E-state index in [0.29, 0.717) is 13.0 Å². The minimum Gasteiger partial charge on any atom is -0.360 e. The summed E-state index contributed by atoms with van der Waals surface area (Å²) in [5, 5.41) is 6.65. The number of hydrogen-bond acceptors (Lipinski definition) is 3. The molecule has 4 nitrogen and oxygen atoms in total. The number of aliphatic imine (C=N–C) groups is 1. The summed E-state index contributed by atoms with van der Waals surface area (Å²) in [6, 6.07) is 4.25. The molecule has 1 aromatic heterocycles. The van der Waals surface area contributed by atoms with Crippen molar-refractivity contribution < 1.29 is 4.39 Å². The fourth-order valence-electron chi connectivity index (χ4n) is 2.19. The summed E-state index contributed by atoms with van der Waals surface area (Å²) in [7, 11) is 1.78. The molecule has 0 radical (unpaired) electrons. The molecule has 0 aliphatic carbocycles. The van der Waals surface area contributed by atoms with Gasteiger partial charge in [-0.05, 0) is 23.9 Å². The van der Waals surface area contributed by atoms with Gasteiger partial charge in [-0.3, -0.25) is 9.38 Å². The Labute approximate surface area is 141 Å². The second kappa shape index (κ2) is 9.38. The van der Waals surface area contributed by atoms with Gasteiger partial charge in [0.25, 0.3) is 0 Å². The Balaban J connectivity index is 0.00000200. The van der Waals surface area contributed by atoms with Crippen LogP contribution in [0.15, 0.2) is 22.5 Å². The average Bonchev–Trinajstić information content (AvgIpc) is 2.98. The van der Waals surface area contributed by atoms with Gasteiger partial charge in [-0.15, -0.1) is 35.3 Å². The van der Waals surface area contributed by atoms with E-state index in [0.717, 1.165) is 32.1 Å². The Morgan fingerprint density at radius 2 is 2.15 bits per heavy atom. The fourth-order valence-corrected chi connectivity index (χ4v) is 2.97. The first-order valence-electron chi connectivity index (χ1n) is 6.65. The smallest absolute Gasteiger partial charge is 0.193 e. The van der Waals surface area contributed by atoms with Crippen LogP contribution in [0, 0.1) is 0 Å². The first kappa shape index (κ1) is 17.5. The molecule has 0 saturated carbocycles. The summed E-state index contributed by atoms with van der Waals surface area (Å²) in [5.74, 6) is 0.888. The number of piperazine rings is 1. The van der Waals surface area contributed by atoms with Gasteiger partial charge >= 0.3 is 0 Å². The van der Waals surface area contributed by atoms with Crippen LogP contribution in [0.1, 0.15) is 6.42 Å². The van der Waals surface area contributed by atoms with E-state index in [1.807, 2.05) is 0 Å². The van der Waals surface area contributed by atoms with Crippen LogP contribution in [0.4, 0.5) is 9.39 Å². The Kier molecular flexibility index (Phi) is 8.20. The van der Waals surface area contributed by atoms with Crippen LogP contribution < -0.4 is 10.2 Å². The normalized spacial score (nSPS) is 16.0. The molecular formula is C13H22FIN4S. The molecular weight excluding hydrogens is 390 g/mol. The molecule has 1 N–H and O–H groups in total. The van der Waals surface area contributed by atoms with Crippen molar-refractivity contribution in [2.75, 3.05) is 51.3 Å². The third-order valence-corrected chi connectivity index (χ3v) is 4.13. The monoisotopic (exact) mass is 412 g/mol. The summed E-state index contributed by atoms with van der Waals surface area (Å²) in [5.41, 5.74) is 0. The number of hydrogen-bond donors (Lipinski definition) is 1. The van der Waals surface area contributed by atoms with Crippen molar-refractivity contribution in [1.82, 2.24) is 10.2 Å². The largest absolute Gasteiger partial charge is 0.360 e.